The van der Waals surface area contributed by atoms with E-state index >= 15 is 0 Å². The van der Waals surface area contributed by atoms with E-state index < -0.39 is 0 Å². The summed E-state index contributed by atoms with van der Waals surface area (Å²) < 4.78 is 0. The van der Waals surface area contributed by atoms with Gasteiger partial charge in [-0.25, -0.2) is 0 Å². The van der Waals surface area contributed by atoms with E-state index in [1.54, 1.807) is 12.1 Å². The van der Waals surface area contributed by atoms with Crippen molar-refractivity contribution in [2.45, 2.75) is 46.1 Å². The summed E-state index contributed by atoms with van der Waals surface area (Å²) in [6.45, 7) is 7.45. The molecule has 1 aromatic carbocycles. The van der Waals surface area contributed by atoms with Gasteiger partial charge in [0.1, 0.15) is 0 Å². The van der Waals surface area contributed by atoms with E-state index in [4.69, 9.17) is 0 Å². The molecule has 0 amide bonds. The molecular weight excluding hydrogens is 240 g/mol. The molecule has 4 nitrogen and oxygen atoms in total. The molecule has 1 atom stereocenters. The van der Waals surface area contributed by atoms with Crippen LogP contribution in [0.4, 0.5) is 5.69 Å². The summed E-state index contributed by atoms with van der Waals surface area (Å²) in [7, 11) is 0. The molecule has 0 aliphatic heterocycles. The minimum absolute atomic E-state index is 0.231. The second-order valence-electron chi connectivity index (χ2n) is 5.37. The first-order chi connectivity index (χ1) is 9.04. The van der Waals surface area contributed by atoms with Gasteiger partial charge in [0.15, 0.2) is 0 Å². The highest BCUT2D eigenvalue weighted by Crippen LogP contribution is 2.21. The number of para-hydroxylation sites is 1. The summed E-state index contributed by atoms with van der Waals surface area (Å²) in [6.07, 6.45) is 2.83. The Morgan fingerprint density at radius 3 is 2.58 bits per heavy atom. The Balaban J connectivity index is 2.80. The molecule has 0 aliphatic rings. The number of rotatable bonds is 8. The standard InChI is InChI=1S/C15H24N2O2/c1-4-9-16-14(10-12(2)3)11-13-7-5-6-8-15(13)17(18)19/h5-8,12,14,16H,4,9-11H2,1-3H3. The molecule has 0 fully saturated rings. The number of nitrogens with one attached hydrogen (secondary N) is 1. The van der Waals surface area contributed by atoms with Crippen LogP contribution in [0.1, 0.15) is 39.2 Å². The number of benzene rings is 1. The van der Waals surface area contributed by atoms with Gasteiger partial charge >= 0.3 is 0 Å². The number of hydrogen-bond acceptors (Lipinski definition) is 3. The van der Waals surface area contributed by atoms with Gasteiger partial charge in [-0.1, -0.05) is 39.0 Å². The maximum absolute atomic E-state index is 11.0. The molecule has 0 aromatic heterocycles. The SMILES string of the molecule is CCCNC(Cc1ccccc1[N+](=O)[O-])CC(C)C. The highest BCUT2D eigenvalue weighted by molar-refractivity contribution is 5.40. The third kappa shape index (κ3) is 5.39. The van der Waals surface area contributed by atoms with Crippen LogP contribution in [0, 0.1) is 16.0 Å². The lowest BCUT2D eigenvalue weighted by Gasteiger charge is -2.20. The van der Waals surface area contributed by atoms with Gasteiger partial charge in [0.05, 0.1) is 4.92 Å². The van der Waals surface area contributed by atoms with Crippen molar-refractivity contribution in [1.29, 1.82) is 0 Å². The van der Waals surface area contributed by atoms with Gasteiger partial charge in [-0.2, -0.15) is 0 Å². The molecule has 0 radical (unpaired) electrons. The van der Waals surface area contributed by atoms with Crippen LogP contribution in [0.3, 0.4) is 0 Å². The maximum atomic E-state index is 11.0. The summed E-state index contributed by atoms with van der Waals surface area (Å²) in [5.74, 6) is 0.581. The molecule has 0 bridgehead atoms. The Kier molecular flexibility index (Phi) is 6.50. The van der Waals surface area contributed by atoms with Crippen molar-refractivity contribution in [2.75, 3.05) is 6.54 Å². The van der Waals surface area contributed by atoms with Crippen molar-refractivity contribution < 1.29 is 4.92 Å². The Morgan fingerprint density at radius 2 is 2.00 bits per heavy atom. The van der Waals surface area contributed by atoms with Crippen molar-refractivity contribution in [3.63, 3.8) is 0 Å². The Labute approximate surface area is 115 Å². The molecule has 1 aromatic rings. The first kappa shape index (κ1) is 15.6. The normalized spacial score (nSPS) is 12.6. The summed E-state index contributed by atoms with van der Waals surface area (Å²) in [5, 5.41) is 14.5. The molecular formula is C15H24N2O2. The lowest BCUT2D eigenvalue weighted by molar-refractivity contribution is -0.385. The molecule has 0 heterocycles. The van der Waals surface area contributed by atoms with Crippen molar-refractivity contribution in [2.24, 2.45) is 5.92 Å². The van der Waals surface area contributed by atoms with Crippen molar-refractivity contribution in [3.8, 4) is 0 Å². The summed E-state index contributed by atoms with van der Waals surface area (Å²) in [6, 6.07) is 7.34. The van der Waals surface area contributed by atoms with Gasteiger partial charge < -0.3 is 5.32 Å². The van der Waals surface area contributed by atoms with Crippen LogP contribution in [-0.2, 0) is 6.42 Å². The van der Waals surface area contributed by atoms with Crippen LogP contribution in [0.15, 0.2) is 24.3 Å². The molecule has 1 rings (SSSR count). The van der Waals surface area contributed by atoms with E-state index in [2.05, 4.69) is 26.1 Å². The van der Waals surface area contributed by atoms with E-state index in [0.717, 1.165) is 31.4 Å². The minimum atomic E-state index is -0.290. The van der Waals surface area contributed by atoms with Gasteiger partial charge in [-0.05, 0) is 31.7 Å². The van der Waals surface area contributed by atoms with Crippen molar-refractivity contribution in [1.82, 2.24) is 5.32 Å². The van der Waals surface area contributed by atoms with Crippen LogP contribution in [0.2, 0.25) is 0 Å². The average Bonchev–Trinajstić information content (AvgIpc) is 2.35. The quantitative estimate of drug-likeness (QED) is 0.577. The van der Waals surface area contributed by atoms with Crippen LogP contribution < -0.4 is 5.32 Å². The van der Waals surface area contributed by atoms with Gasteiger partial charge in [0, 0.05) is 17.7 Å². The van der Waals surface area contributed by atoms with E-state index in [1.807, 2.05) is 12.1 Å². The predicted molar refractivity (Wildman–Crippen MR) is 78.3 cm³/mol. The van der Waals surface area contributed by atoms with Crippen LogP contribution in [-0.4, -0.2) is 17.5 Å². The van der Waals surface area contributed by atoms with Crippen LogP contribution >= 0.6 is 0 Å². The van der Waals surface area contributed by atoms with Gasteiger partial charge in [0.2, 0.25) is 0 Å². The number of nitrogens with zero attached hydrogens (tertiary/aromatic N) is 1. The number of nitro groups is 1. The summed E-state index contributed by atoms with van der Waals surface area (Å²) in [5.41, 5.74) is 1.05. The molecule has 0 saturated carbocycles. The van der Waals surface area contributed by atoms with E-state index in [-0.39, 0.29) is 10.6 Å². The Morgan fingerprint density at radius 1 is 1.32 bits per heavy atom. The molecule has 4 heteroatoms. The summed E-state index contributed by atoms with van der Waals surface area (Å²) in [4.78, 5) is 10.7. The van der Waals surface area contributed by atoms with Crippen molar-refractivity contribution >= 4 is 5.69 Å². The first-order valence-electron chi connectivity index (χ1n) is 7.00. The van der Waals surface area contributed by atoms with Crippen LogP contribution in [0.5, 0.6) is 0 Å². The fraction of sp³-hybridized carbons (Fsp3) is 0.600. The predicted octanol–water partition coefficient (Wildman–Crippen LogP) is 3.55. The molecule has 1 unspecified atom stereocenters. The lowest BCUT2D eigenvalue weighted by atomic mass is 9.96. The van der Waals surface area contributed by atoms with E-state index in [9.17, 15) is 10.1 Å². The Hall–Kier alpha value is -1.42. The maximum Gasteiger partial charge on any atom is 0.272 e. The zero-order valence-corrected chi connectivity index (χ0v) is 12.1. The van der Waals surface area contributed by atoms with Crippen LogP contribution in [0.25, 0.3) is 0 Å². The number of hydrogen-bond donors (Lipinski definition) is 1. The zero-order chi connectivity index (χ0) is 14.3. The monoisotopic (exact) mass is 264 g/mol. The third-order valence-electron chi connectivity index (χ3n) is 3.09. The van der Waals surface area contributed by atoms with Gasteiger partial charge in [-0.15, -0.1) is 0 Å². The van der Waals surface area contributed by atoms with Crippen molar-refractivity contribution in [3.05, 3.63) is 39.9 Å². The number of nitro benzene ring substituents is 1. The largest absolute Gasteiger partial charge is 0.314 e. The van der Waals surface area contributed by atoms with Gasteiger partial charge in [-0.3, -0.25) is 10.1 Å². The highest BCUT2D eigenvalue weighted by Gasteiger charge is 2.17. The first-order valence-corrected chi connectivity index (χ1v) is 7.00. The molecule has 19 heavy (non-hydrogen) atoms. The highest BCUT2D eigenvalue weighted by atomic mass is 16.6. The Bertz CT molecular complexity index is 405. The van der Waals surface area contributed by atoms with Gasteiger partial charge in [0.25, 0.3) is 5.69 Å². The lowest BCUT2D eigenvalue weighted by Crippen LogP contribution is -2.33. The molecule has 0 spiro atoms. The third-order valence-corrected chi connectivity index (χ3v) is 3.09. The molecule has 1 N–H and O–H groups in total. The molecule has 0 aliphatic carbocycles. The summed E-state index contributed by atoms with van der Waals surface area (Å²) >= 11 is 0. The van der Waals surface area contributed by atoms with E-state index in [1.165, 1.54) is 0 Å². The fourth-order valence-electron chi connectivity index (χ4n) is 2.28. The minimum Gasteiger partial charge on any atom is -0.314 e. The topological polar surface area (TPSA) is 55.2 Å². The second kappa shape index (κ2) is 7.89. The average molecular weight is 264 g/mol. The zero-order valence-electron chi connectivity index (χ0n) is 12.1. The van der Waals surface area contributed by atoms with E-state index in [0.29, 0.717) is 12.0 Å². The smallest absolute Gasteiger partial charge is 0.272 e. The second-order valence-corrected chi connectivity index (χ2v) is 5.37. The molecule has 0 saturated heterocycles. The fourth-order valence-corrected chi connectivity index (χ4v) is 2.28. The molecule has 106 valence electrons.